The van der Waals surface area contributed by atoms with Crippen LogP contribution in [0.3, 0.4) is 0 Å². The maximum atomic E-state index is 3.62. The molecule has 0 amide bonds. The molecule has 3 heteroatoms. The van der Waals surface area contributed by atoms with Gasteiger partial charge in [0.15, 0.2) is 0 Å². The van der Waals surface area contributed by atoms with Gasteiger partial charge in [-0.15, -0.1) is 0 Å². The van der Waals surface area contributed by atoms with Crippen molar-refractivity contribution >= 4 is 31.9 Å². The summed E-state index contributed by atoms with van der Waals surface area (Å²) < 4.78 is 2.30. The van der Waals surface area contributed by atoms with Crippen LogP contribution in [-0.2, 0) is 0 Å². The maximum Gasteiger partial charge on any atom is 0.0320 e. The van der Waals surface area contributed by atoms with E-state index in [9.17, 15) is 0 Å². The molecular formula is C18H29Br2N. The van der Waals surface area contributed by atoms with E-state index < -0.39 is 0 Å². The Morgan fingerprint density at radius 3 is 2.00 bits per heavy atom. The van der Waals surface area contributed by atoms with Gasteiger partial charge in [-0.05, 0) is 36.7 Å². The molecule has 0 saturated heterocycles. The van der Waals surface area contributed by atoms with E-state index in [0.717, 1.165) is 15.5 Å². The van der Waals surface area contributed by atoms with Crippen molar-refractivity contribution in [3.63, 3.8) is 0 Å². The van der Waals surface area contributed by atoms with Gasteiger partial charge in [0.05, 0.1) is 0 Å². The quantitative estimate of drug-likeness (QED) is 0.381. The molecule has 120 valence electrons. The lowest BCUT2D eigenvalue weighted by atomic mass is 9.99. The van der Waals surface area contributed by atoms with Crippen molar-refractivity contribution in [3.8, 4) is 0 Å². The average Bonchev–Trinajstić information content (AvgIpc) is 2.44. The second-order valence-electron chi connectivity index (χ2n) is 5.72. The fraction of sp³-hybridized carbons (Fsp3) is 0.667. The average molecular weight is 419 g/mol. The molecule has 0 aromatic heterocycles. The third-order valence-corrected chi connectivity index (χ3v) is 4.75. The van der Waals surface area contributed by atoms with Crippen molar-refractivity contribution in [1.82, 2.24) is 5.32 Å². The Morgan fingerprint density at radius 1 is 0.857 bits per heavy atom. The van der Waals surface area contributed by atoms with Gasteiger partial charge in [-0.2, -0.15) is 0 Å². The molecule has 1 aromatic carbocycles. The second-order valence-corrected chi connectivity index (χ2v) is 7.55. The number of rotatable bonds is 11. The van der Waals surface area contributed by atoms with Crippen molar-refractivity contribution < 1.29 is 0 Å². The number of benzene rings is 1. The third-order valence-electron chi connectivity index (χ3n) is 3.83. The van der Waals surface area contributed by atoms with E-state index >= 15 is 0 Å². The Labute approximate surface area is 147 Å². The third kappa shape index (κ3) is 8.37. The highest BCUT2D eigenvalue weighted by Crippen LogP contribution is 2.27. The zero-order chi connectivity index (χ0) is 15.5. The molecule has 1 nitrogen and oxygen atoms in total. The Kier molecular flexibility index (Phi) is 10.7. The lowest BCUT2D eigenvalue weighted by Crippen LogP contribution is -2.20. The normalized spacial score (nSPS) is 12.6. The van der Waals surface area contributed by atoms with E-state index in [1.54, 1.807) is 0 Å². The Morgan fingerprint density at radius 2 is 1.43 bits per heavy atom. The molecule has 0 bridgehead atoms. The topological polar surface area (TPSA) is 12.0 Å². The van der Waals surface area contributed by atoms with E-state index in [0.29, 0.717) is 6.04 Å². The summed E-state index contributed by atoms with van der Waals surface area (Å²) in [5, 5.41) is 3.62. The molecule has 21 heavy (non-hydrogen) atoms. The van der Waals surface area contributed by atoms with Crippen LogP contribution in [0, 0.1) is 0 Å². The fourth-order valence-electron chi connectivity index (χ4n) is 2.71. The molecule has 0 radical (unpaired) electrons. The summed E-state index contributed by atoms with van der Waals surface area (Å²) in [7, 11) is 0. The van der Waals surface area contributed by atoms with Crippen LogP contribution in [0.5, 0.6) is 0 Å². The van der Waals surface area contributed by atoms with Gasteiger partial charge in [0, 0.05) is 15.0 Å². The van der Waals surface area contributed by atoms with E-state index in [-0.39, 0.29) is 0 Å². The predicted molar refractivity (Wildman–Crippen MR) is 101 cm³/mol. The summed E-state index contributed by atoms with van der Waals surface area (Å²) in [5.41, 5.74) is 1.38. The van der Waals surface area contributed by atoms with Gasteiger partial charge in [-0.3, -0.25) is 0 Å². The van der Waals surface area contributed by atoms with Gasteiger partial charge in [0.1, 0.15) is 0 Å². The number of unbranched alkanes of at least 4 members (excludes halogenated alkanes) is 6. The van der Waals surface area contributed by atoms with Gasteiger partial charge in [0.2, 0.25) is 0 Å². The molecule has 0 spiro atoms. The van der Waals surface area contributed by atoms with Crippen LogP contribution in [0.15, 0.2) is 27.1 Å². The van der Waals surface area contributed by atoms with Crippen LogP contribution in [0.4, 0.5) is 0 Å². The maximum absolute atomic E-state index is 3.62. The van der Waals surface area contributed by atoms with Crippen molar-refractivity contribution in [3.05, 3.63) is 32.7 Å². The second kappa shape index (κ2) is 11.7. The molecule has 0 aliphatic carbocycles. The van der Waals surface area contributed by atoms with Gasteiger partial charge in [0.25, 0.3) is 0 Å². The predicted octanol–water partition coefficient (Wildman–Crippen LogP) is 7.00. The lowest BCUT2D eigenvalue weighted by Gasteiger charge is -2.19. The highest BCUT2D eigenvalue weighted by Gasteiger charge is 2.11. The minimum Gasteiger partial charge on any atom is -0.310 e. The van der Waals surface area contributed by atoms with Gasteiger partial charge in [-0.1, -0.05) is 90.7 Å². The summed E-state index contributed by atoms with van der Waals surface area (Å²) in [6.45, 7) is 5.48. The van der Waals surface area contributed by atoms with Gasteiger partial charge >= 0.3 is 0 Å². The van der Waals surface area contributed by atoms with Crippen molar-refractivity contribution in [1.29, 1.82) is 0 Å². The number of hydrogen-bond acceptors (Lipinski definition) is 1. The lowest BCUT2D eigenvalue weighted by molar-refractivity contribution is 0.475. The molecule has 1 unspecified atom stereocenters. The number of halogens is 2. The highest BCUT2D eigenvalue weighted by atomic mass is 79.9. The Balaban J connectivity index is 2.39. The minimum atomic E-state index is 0.472. The smallest absolute Gasteiger partial charge is 0.0320 e. The van der Waals surface area contributed by atoms with Crippen molar-refractivity contribution in [2.24, 2.45) is 0 Å². The molecule has 0 heterocycles. The minimum absolute atomic E-state index is 0.472. The number of hydrogen-bond donors (Lipinski definition) is 1. The summed E-state index contributed by atoms with van der Waals surface area (Å²) in [4.78, 5) is 0. The van der Waals surface area contributed by atoms with Gasteiger partial charge < -0.3 is 5.32 Å². The molecule has 0 aliphatic heterocycles. The summed E-state index contributed by atoms with van der Waals surface area (Å²) >= 11 is 7.18. The van der Waals surface area contributed by atoms with Crippen molar-refractivity contribution in [2.45, 2.75) is 71.3 Å². The molecular weight excluding hydrogens is 390 g/mol. The van der Waals surface area contributed by atoms with Crippen LogP contribution in [0.1, 0.15) is 76.8 Å². The molecule has 1 N–H and O–H groups in total. The molecule has 0 aliphatic rings. The van der Waals surface area contributed by atoms with E-state index in [1.165, 1.54) is 56.9 Å². The van der Waals surface area contributed by atoms with E-state index in [4.69, 9.17) is 0 Å². The van der Waals surface area contributed by atoms with Crippen LogP contribution in [0.2, 0.25) is 0 Å². The zero-order valence-electron chi connectivity index (χ0n) is 13.4. The fourth-order valence-corrected chi connectivity index (χ4v) is 4.04. The first-order valence-corrected chi connectivity index (χ1v) is 9.95. The SMILES string of the molecule is CCCCCCCCCC(NCC)c1cc(Br)cc(Br)c1. The molecule has 1 aromatic rings. The Hall–Kier alpha value is 0.140. The van der Waals surface area contributed by atoms with E-state index in [1.807, 2.05) is 0 Å². The monoisotopic (exact) mass is 417 g/mol. The van der Waals surface area contributed by atoms with Crippen molar-refractivity contribution in [2.75, 3.05) is 6.54 Å². The largest absolute Gasteiger partial charge is 0.310 e. The zero-order valence-corrected chi connectivity index (χ0v) is 16.6. The van der Waals surface area contributed by atoms with E-state index in [2.05, 4.69) is 69.2 Å². The standard InChI is InChI=1S/C18H29Br2N/c1-3-5-6-7-8-9-10-11-18(21-4-2)15-12-16(19)14-17(20)13-15/h12-14,18,21H,3-11H2,1-2H3. The van der Waals surface area contributed by atoms with Crippen LogP contribution in [0.25, 0.3) is 0 Å². The highest BCUT2D eigenvalue weighted by molar-refractivity contribution is 9.11. The molecule has 0 fully saturated rings. The first-order chi connectivity index (χ1) is 10.2. The summed E-state index contributed by atoms with van der Waals surface area (Å²) in [5.74, 6) is 0. The van der Waals surface area contributed by atoms with Crippen LogP contribution < -0.4 is 5.32 Å². The molecule has 0 saturated carbocycles. The first-order valence-electron chi connectivity index (χ1n) is 8.36. The molecule has 1 atom stereocenters. The van der Waals surface area contributed by atoms with Crippen LogP contribution >= 0.6 is 31.9 Å². The summed E-state index contributed by atoms with van der Waals surface area (Å²) in [6.07, 6.45) is 10.8. The Bertz CT molecular complexity index is 373. The van der Waals surface area contributed by atoms with Gasteiger partial charge in [-0.25, -0.2) is 0 Å². The van der Waals surface area contributed by atoms with Crippen LogP contribution in [-0.4, -0.2) is 6.54 Å². The number of nitrogens with one attached hydrogen (secondary N) is 1. The first kappa shape index (κ1) is 19.2. The summed E-state index contributed by atoms with van der Waals surface area (Å²) in [6, 6.07) is 7.04. The molecule has 1 rings (SSSR count).